The van der Waals surface area contributed by atoms with E-state index in [2.05, 4.69) is 0 Å². The van der Waals surface area contributed by atoms with Crippen LogP contribution in [-0.4, -0.2) is 53.8 Å². The Labute approximate surface area is 95.6 Å². The van der Waals surface area contributed by atoms with Gasteiger partial charge in [-0.05, 0) is 32.2 Å². The molecule has 2 saturated heterocycles. The second-order valence-electron chi connectivity index (χ2n) is 4.50. The monoisotopic (exact) mass is 225 g/mol. The summed E-state index contributed by atoms with van der Waals surface area (Å²) < 4.78 is 0. The van der Waals surface area contributed by atoms with Gasteiger partial charge in [0.2, 0.25) is 11.8 Å². The lowest BCUT2D eigenvalue weighted by atomic mass is 9.98. The fourth-order valence-corrected chi connectivity index (χ4v) is 2.50. The number of amides is 2. The first kappa shape index (κ1) is 11.4. The summed E-state index contributed by atoms with van der Waals surface area (Å²) in [6, 6.07) is -0.187. The fourth-order valence-electron chi connectivity index (χ4n) is 2.50. The number of rotatable bonds is 3. The van der Waals surface area contributed by atoms with E-state index in [1.54, 1.807) is 9.80 Å². The zero-order valence-corrected chi connectivity index (χ0v) is 9.52. The Hall–Kier alpha value is -1.10. The van der Waals surface area contributed by atoms with E-state index in [9.17, 15) is 9.59 Å². The van der Waals surface area contributed by atoms with E-state index in [0.717, 1.165) is 32.2 Å². The Morgan fingerprint density at radius 3 is 2.88 bits per heavy atom. The molecule has 2 heterocycles. The molecule has 2 rings (SSSR count). The molecule has 0 aromatic rings. The lowest BCUT2D eigenvalue weighted by molar-refractivity contribution is -0.157. The van der Waals surface area contributed by atoms with Gasteiger partial charge in [-0.25, -0.2) is 0 Å². The van der Waals surface area contributed by atoms with E-state index in [1.807, 2.05) is 0 Å². The van der Waals surface area contributed by atoms with E-state index in [1.165, 1.54) is 0 Å². The van der Waals surface area contributed by atoms with Crippen LogP contribution in [0.5, 0.6) is 0 Å². The van der Waals surface area contributed by atoms with Crippen LogP contribution < -0.4 is 5.73 Å². The van der Waals surface area contributed by atoms with E-state index < -0.39 is 0 Å². The molecule has 0 saturated carbocycles. The number of piperidine rings is 1. The minimum atomic E-state index is -0.187. The Bertz CT molecular complexity index is 293. The highest BCUT2D eigenvalue weighted by atomic mass is 16.2. The summed E-state index contributed by atoms with van der Waals surface area (Å²) in [6.07, 6.45) is 3.67. The SMILES string of the molecule is NCCCN1CC(=O)N2CCCCC2C1=O. The highest BCUT2D eigenvalue weighted by Crippen LogP contribution is 2.22. The molecule has 16 heavy (non-hydrogen) atoms. The van der Waals surface area contributed by atoms with Crippen molar-refractivity contribution >= 4 is 11.8 Å². The Morgan fingerprint density at radius 1 is 1.31 bits per heavy atom. The van der Waals surface area contributed by atoms with Gasteiger partial charge in [0.05, 0.1) is 6.54 Å². The Kier molecular flexibility index (Phi) is 3.43. The van der Waals surface area contributed by atoms with Crippen molar-refractivity contribution in [2.24, 2.45) is 5.73 Å². The number of carbonyl (C=O) groups is 2. The molecule has 2 aliphatic rings. The van der Waals surface area contributed by atoms with Gasteiger partial charge in [-0.1, -0.05) is 0 Å². The maximum Gasteiger partial charge on any atom is 0.245 e. The van der Waals surface area contributed by atoms with Crippen molar-refractivity contribution < 1.29 is 9.59 Å². The predicted molar refractivity (Wildman–Crippen MR) is 59.6 cm³/mol. The third-order valence-corrected chi connectivity index (χ3v) is 3.38. The summed E-state index contributed by atoms with van der Waals surface area (Å²) in [7, 11) is 0. The van der Waals surface area contributed by atoms with Crippen LogP contribution in [0.15, 0.2) is 0 Å². The molecule has 90 valence electrons. The van der Waals surface area contributed by atoms with E-state index in [-0.39, 0.29) is 24.4 Å². The van der Waals surface area contributed by atoms with Gasteiger partial charge in [0, 0.05) is 13.1 Å². The van der Waals surface area contributed by atoms with Gasteiger partial charge in [-0.3, -0.25) is 9.59 Å². The van der Waals surface area contributed by atoms with E-state index in [4.69, 9.17) is 5.73 Å². The Balaban J connectivity index is 2.04. The molecular formula is C11H19N3O2. The molecule has 1 unspecified atom stereocenters. The topological polar surface area (TPSA) is 66.6 Å². The molecule has 0 bridgehead atoms. The standard InChI is InChI=1S/C11H19N3O2/c12-5-3-6-13-8-10(15)14-7-2-1-4-9(14)11(13)16/h9H,1-8,12H2. The van der Waals surface area contributed by atoms with Crippen LogP contribution in [-0.2, 0) is 9.59 Å². The normalized spacial score (nSPS) is 25.9. The molecule has 5 nitrogen and oxygen atoms in total. The number of carbonyl (C=O) groups excluding carboxylic acids is 2. The molecule has 0 spiro atoms. The molecule has 1 atom stereocenters. The number of hydrogen-bond donors (Lipinski definition) is 1. The molecule has 2 fully saturated rings. The fraction of sp³-hybridized carbons (Fsp3) is 0.818. The summed E-state index contributed by atoms with van der Waals surface area (Å²) >= 11 is 0. The second-order valence-corrected chi connectivity index (χ2v) is 4.50. The van der Waals surface area contributed by atoms with Gasteiger partial charge in [0.25, 0.3) is 0 Å². The smallest absolute Gasteiger partial charge is 0.245 e. The number of hydrogen-bond acceptors (Lipinski definition) is 3. The first-order chi connectivity index (χ1) is 7.74. The number of nitrogens with zero attached hydrogens (tertiary/aromatic N) is 2. The highest BCUT2D eigenvalue weighted by Gasteiger charge is 2.39. The van der Waals surface area contributed by atoms with Crippen LogP contribution in [0.1, 0.15) is 25.7 Å². The minimum absolute atomic E-state index is 0.0984. The van der Waals surface area contributed by atoms with Gasteiger partial charge in [-0.15, -0.1) is 0 Å². The number of fused-ring (bicyclic) bond motifs is 1. The zero-order chi connectivity index (χ0) is 11.5. The zero-order valence-electron chi connectivity index (χ0n) is 9.52. The molecule has 2 amide bonds. The Morgan fingerprint density at radius 2 is 2.12 bits per heavy atom. The van der Waals surface area contributed by atoms with Crippen LogP contribution in [0.3, 0.4) is 0 Å². The van der Waals surface area contributed by atoms with Gasteiger partial charge >= 0.3 is 0 Å². The van der Waals surface area contributed by atoms with Crippen molar-refractivity contribution in [1.82, 2.24) is 9.80 Å². The molecule has 0 aliphatic carbocycles. The average Bonchev–Trinajstić information content (AvgIpc) is 2.32. The van der Waals surface area contributed by atoms with Crippen molar-refractivity contribution in [2.75, 3.05) is 26.2 Å². The number of piperazine rings is 1. The first-order valence-electron chi connectivity index (χ1n) is 6.02. The minimum Gasteiger partial charge on any atom is -0.332 e. The molecular weight excluding hydrogens is 206 g/mol. The summed E-state index contributed by atoms with van der Waals surface area (Å²) in [5, 5.41) is 0. The maximum absolute atomic E-state index is 12.1. The van der Waals surface area contributed by atoms with Crippen LogP contribution in [0, 0.1) is 0 Å². The third kappa shape index (κ3) is 2.04. The lowest BCUT2D eigenvalue weighted by Crippen LogP contribution is -2.61. The van der Waals surface area contributed by atoms with Gasteiger partial charge in [0.1, 0.15) is 6.04 Å². The molecule has 0 aromatic carbocycles. The van der Waals surface area contributed by atoms with Crippen molar-refractivity contribution in [3.63, 3.8) is 0 Å². The molecule has 2 N–H and O–H groups in total. The van der Waals surface area contributed by atoms with Crippen molar-refractivity contribution in [1.29, 1.82) is 0 Å². The summed E-state index contributed by atoms with van der Waals surface area (Å²) in [5.74, 6) is 0.217. The lowest BCUT2D eigenvalue weighted by Gasteiger charge is -2.42. The first-order valence-corrected chi connectivity index (χ1v) is 6.02. The van der Waals surface area contributed by atoms with Crippen molar-refractivity contribution in [2.45, 2.75) is 31.7 Å². The second kappa shape index (κ2) is 4.82. The summed E-state index contributed by atoms with van der Waals surface area (Å²) in [4.78, 5) is 27.4. The van der Waals surface area contributed by atoms with Crippen molar-refractivity contribution in [3.05, 3.63) is 0 Å². The molecule has 0 aromatic heterocycles. The van der Waals surface area contributed by atoms with Crippen LogP contribution in [0.2, 0.25) is 0 Å². The summed E-state index contributed by atoms with van der Waals surface area (Å²) in [6.45, 7) is 2.17. The third-order valence-electron chi connectivity index (χ3n) is 3.38. The quantitative estimate of drug-likeness (QED) is 0.708. The average molecular weight is 225 g/mol. The van der Waals surface area contributed by atoms with Crippen LogP contribution >= 0.6 is 0 Å². The van der Waals surface area contributed by atoms with E-state index in [0.29, 0.717) is 13.1 Å². The van der Waals surface area contributed by atoms with Gasteiger partial charge in [-0.2, -0.15) is 0 Å². The van der Waals surface area contributed by atoms with Crippen LogP contribution in [0.4, 0.5) is 0 Å². The largest absolute Gasteiger partial charge is 0.332 e. The van der Waals surface area contributed by atoms with Crippen molar-refractivity contribution in [3.8, 4) is 0 Å². The maximum atomic E-state index is 12.1. The molecule has 0 radical (unpaired) electrons. The predicted octanol–water partition coefficient (Wildman–Crippen LogP) is -0.441. The van der Waals surface area contributed by atoms with Crippen LogP contribution in [0.25, 0.3) is 0 Å². The molecule has 5 heteroatoms. The van der Waals surface area contributed by atoms with Gasteiger partial charge in [0.15, 0.2) is 0 Å². The highest BCUT2D eigenvalue weighted by molar-refractivity contribution is 5.95. The van der Waals surface area contributed by atoms with Gasteiger partial charge < -0.3 is 15.5 Å². The number of nitrogens with two attached hydrogens (primary N) is 1. The summed E-state index contributed by atoms with van der Waals surface area (Å²) in [5.41, 5.74) is 5.42. The molecule has 2 aliphatic heterocycles. The van der Waals surface area contributed by atoms with E-state index >= 15 is 0 Å².